The summed E-state index contributed by atoms with van der Waals surface area (Å²) in [4.78, 5) is 0. The van der Waals surface area contributed by atoms with Crippen molar-refractivity contribution in [2.75, 3.05) is 0 Å². The van der Waals surface area contributed by atoms with Crippen molar-refractivity contribution in [3.63, 3.8) is 0 Å². The van der Waals surface area contributed by atoms with Gasteiger partial charge in [0.25, 0.3) is 0 Å². The lowest BCUT2D eigenvalue weighted by atomic mass is 28.9. The standard InChI is InChI=1S/H9P7S/c1-5(2)7(8)6(3)4/h8H,1-4H2. The van der Waals surface area contributed by atoms with Crippen molar-refractivity contribution in [3.05, 3.63) is 0 Å². The van der Waals surface area contributed by atoms with E-state index in [1.165, 1.54) is 0 Å². The van der Waals surface area contributed by atoms with Crippen LogP contribution < -0.4 is 0 Å². The largest absolute Gasteiger partial charge is 0.141 e. The Labute approximate surface area is 68.5 Å². The van der Waals surface area contributed by atoms with Gasteiger partial charge >= 0.3 is 0 Å². The van der Waals surface area contributed by atoms with E-state index in [4.69, 9.17) is 0 Å². The van der Waals surface area contributed by atoms with E-state index >= 15 is 0 Å². The first kappa shape index (κ1) is 11.4. The summed E-state index contributed by atoms with van der Waals surface area (Å²) in [7, 11) is 11.2. The molecule has 0 radical (unpaired) electrons. The van der Waals surface area contributed by atoms with Crippen molar-refractivity contribution in [1.29, 1.82) is 0 Å². The molecule has 8 heteroatoms. The second-order valence-electron chi connectivity index (χ2n) is 1.03. The van der Waals surface area contributed by atoms with Gasteiger partial charge in [0.15, 0.2) is 0 Å². The van der Waals surface area contributed by atoms with Gasteiger partial charge in [-0.3, -0.25) is 0 Å². The number of rotatable bonds is 2. The quantitative estimate of drug-likeness (QED) is 0.555. The third-order valence-electron chi connectivity index (χ3n) is 0.413. The van der Waals surface area contributed by atoms with Gasteiger partial charge in [-0.15, -0.1) is 48.0 Å². The van der Waals surface area contributed by atoms with E-state index in [1.807, 2.05) is 0 Å². The summed E-state index contributed by atoms with van der Waals surface area (Å²) in [5.74, 6) is 0. The highest BCUT2D eigenvalue weighted by molar-refractivity contribution is 9.12. The predicted molar refractivity (Wildman–Crippen MR) is 68.6 cm³/mol. The minimum Gasteiger partial charge on any atom is -0.141 e. The molecule has 0 aliphatic rings. The van der Waals surface area contributed by atoms with Crippen LogP contribution in [0.4, 0.5) is 0 Å². The van der Waals surface area contributed by atoms with E-state index in [2.05, 4.69) is 48.0 Å². The predicted octanol–water partition coefficient (Wildman–Crippen LogP) is 4.27. The van der Waals surface area contributed by atoms with Gasteiger partial charge in [0.2, 0.25) is 0 Å². The van der Waals surface area contributed by atoms with Crippen molar-refractivity contribution < 1.29 is 0 Å². The molecule has 0 aliphatic carbocycles. The fourth-order valence-electron chi connectivity index (χ4n) is 0.119. The molecule has 0 amide bonds. The van der Waals surface area contributed by atoms with Gasteiger partial charge in [0.05, 0.1) is 0 Å². The maximum atomic E-state index is 4.46. The smallest absolute Gasteiger partial charge is 0.0150 e. The molecule has 0 fully saturated rings. The Hall–Kier alpha value is 3.36. The molecule has 0 bridgehead atoms. The van der Waals surface area contributed by atoms with Crippen LogP contribution in [-0.4, -0.2) is 0 Å². The second-order valence-corrected chi connectivity index (χ2v) is 27.8. The molecule has 0 rings (SSSR count). The molecule has 0 saturated heterocycles. The first-order valence-electron chi connectivity index (χ1n) is 1.63. The number of hydrogen-bond donors (Lipinski definition) is 1. The van der Waals surface area contributed by atoms with Crippen molar-refractivity contribution in [2.45, 2.75) is 0 Å². The highest BCUT2D eigenvalue weighted by Gasteiger charge is 2.10. The Morgan fingerprint density at radius 1 is 0.875 bits per heavy atom. The number of thiol groups is 1. The topological polar surface area (TPSA) is 0 Å². The molecule has 0 spiro atoms. The Kier molecular flexibility index (Phi) is 8.44. The number of hydrogen-bond acceptors (Lipinski definition) is 1. The van der Waals surface area contributed by atoms with E-state index < -0.39 is 0 Å². The molecule has 0 heterocycles. The summed E-state index contributed by atoms with van der Waals surface area (Å²) >= 11 is 4.46. The van der Waals surface area contributed by atoms with Crippen molar-refractivity contribution in [3.8, 4) is 0 Å². The maximum Gasteiger partial charge on any atom is 0.0150 e. The van der Waals surface area contributed by atoms with Gasteiger partial charge in [-0.1, -0.05) is 0 Å². The van der Waals surface area contributed by atoms with Crippen LogP contribution in [0.3, 0.4) is 0 Å². The van der Waals surface area contributed by atoms with Gasteiger partial charge in [-0.25, -0.2) is 0 Å². The van der Waals surface area contributed by atoms with Crippen LogP contribution in [0, 0.1) is 0 Å². The minimum atomic E-state index is -0.0226. The summed E-state index contributed by atoms with van der Waals surface area (Å²) in [6.07, 6.45) is 0. The molecule has 0 saturated carbocycles. The molecule has 50 valence electrons. The molecule has 0 N–H and O–H groups in total. The summed E-state index contributed by atoms with van der Waals surface area (Å²) < 4.78 is 0. The Bertz CT molecular complexity index is 49.4. The normalized spacial score (nSPS) is 12.0. The van der Waals surface area contributed by atoms with Crippen LogP contribution >= 0.6 is 68.4 Å². The second kappa shape index (κ2) is 5.94. The fourth-order valence-corrected chi connectivity index (χ4v) is 29.0. The summed E-state index contributed by atoms with van der Waals surface area (Å²) in [5.41, 5.74) is 0. The third-order valence-corrected chi connectivity index (χ3v) is 33.5. The maximum absolute atomic E-state index is 4.46. The molecule has 0 aromatic heterocycles. The average Bonchev–Trinajstić information content (AvgIpc) is 1.64. The highest BCUT2D eigenvalue weighted by atomic mass is 33.3. The van der Waals surface area contributed by atoms with Crippen LogP contribution in [0.1, 0.15) is 0 Å². The lowest BCUT2D eigenvalue weighted by Gasteiger charge is -2.17. The lowest BCUT2D eigenvalue weighted by molar-refractivity contribution is 4.82. The zero-order chi connectivity index (χ0) is 6.73. The first-order chi connectivity index (χ1) is 3.55. The molecule has 4 unspecified atom stereocenters. The monoisotopic (exact) mass is 258 g/mol. The van der Waals surface area contributed by atoms with Crippen LogP contribution in [0.25, 0.3) is 0 Å². The Balaban J connectivity index is 3.46. The summed E-state index contributed by atoms with van der Waals surface area (Å²) in [5, 5.41) is 0. The molecular formula is H9P7S. The van der Waals surface area contributed by atoms with Crippen molar-refractivity contribution in [2.24, 2.45) is 0 Å². The molecule has 0 aromatic rings. The van der Waals surface area contributed by atoms with E-state index in [9.17, 15) is 0 Å². The molecule has 8 heavy (non-hydrogen) atoms. The average molecular weight is 258 g/mol. The third kappa shape index (κ3) is 5.07. The van der Waals surface area contributed by atoms with Gasteiger partial charge in [-0.2, -0.15) is 0 Å². The van der Waals surface area contributed by atoms with E-state index in [0.29, 0.717) is 0 Å². The molecule has 0 aromatic carbocycles. The van der Waals surface area contributed by atoms with E-state index in [1.54, 1.807) is 0 Å². The molecular weight excluding hydrogens is 249 g/mol. The fraction of sp³-hybridized carbons (Fsp3) is 0. The minimum absolute atomic E-state index is 0.0226. The van der Waals surface area contributed by atoms with Gasteiger partial charge in [0.1, 0.15) is 0 Å². The van der Waals surface area contributed by atoms with Crippen LogP contribution in [0.15, 0.2) is 0 Å². The van der Waals surface area contributed by atoms with Crippen LogP contribution in [-0.2, 0) is 0 Å². The van der Waals surface area contributed by atoms with E-state index in [-0.39, 0.29) is 20.5 Å². The first-order valence-corrected chi connectivity index (χ1v) is 14.7. The Morgan fingerprint density at radius 2 is 1.12 bits per heavy atom. The Morgan fingerprint density at radius 3 is 1.12 bits per heavy atom. The van der Waals surface area contributed by atoms with Gasteiger partial charge in [0, 0.05) is 6.50 Å². The SMILES string of the molecule is PP(P)P(S)P(P)P. The molecule has 0 nitrogen and oxygen atoms in total. The van der Waals surface area contributed by atoms with Crippen molar-refractivity contribution in [1.82, 2.24) is 0 Å². The molecule has 4 atom stereocenters. The van der Waals surface area contributed by atoms with Crippen LogP contribution in [0.5, 0.6) is 0 Å². The van der Waals surface area contributed by atoms with Crippen molar-refractivity contribution >= 4 is 68.4 Å². The molecule has 0 aliphatic heterocycles. The van der Waals surface area contributed by atoms with E-state index in [0.717, 1.165) is 0 Å². The lowest BCUT2D eigenvalue weighted by Crippen LogP contribution is -1.29. The zero-order valence-electron chi connectivity index (χ0n) is 4.10. The van der Waals surface area contributed by atoms with Crippen LogP contribution in [0.2, 0.25) is 0 Å². The van der Waals surface area contributed by atoms with Gasteiger partial charge < -0.3 is 0 Å². The highest BCUT2D eigenvalue weighted by Crippen LogP contribution is 2.99. The summed E-state index contributed by atoms with van der Waals surface area (Å²) in [6, 6.07) is 0. The van der Waals surface area contributed by atoms with Gasteiger partial charge in [-0.05, 0) is 14.0 Å². The zero-order valence-corrected chi connectivity index (χ0v) is 12.3. The summed E-state index contributed by atoms with van der Waals surface area (Å²) in [6.45, 7) is 0.0741.